The van der Waals surface area contributed by atoms with Gasteiger partial charge in [-0.1, -0.05) is 34.1 Å². The lowest BCUT2D eigenvalue weighted by Crippen LogP contribution is -2.26. The van der Waals surface area contributed by atoms with Crippen molar-refractivity contribution in [2.75, 3.05) is 20.1 Å². The van der Waals surface area contributed by atoms with Gasteiger partial charge < -0.3 is 10.6 Å². The van der Waals surface area contributed by atoms with Crippen LogP contribution >= 0.6 is 28.3 Å². The Morgan fingerprint density at radius 3 is 2.67 bits per heavy atom. The number of nitrogens with one attached hydrogen (secondary N) is 2. The first kappa shape index (κ1) is 17.4. The van der Waals surface area contributed by atoms with E-state index < -0.39 is 0 Å². The first-order chi connectivity index (χ1) is 8.24. The molecule has 1 rings (SSSR count). The van der Waals surface area contributed by atoms with Crippen LogP contribution in [0, 0.1) is 0 Å². The number of amides is 1. The largest absolute Gasteiger partial charge is 0.356 e. The standard InChI is InChI=1S/C13H19BrN2O.ClH/c1-15-9-4-10-16-13(17)8-7-11-5-2-3-6-12(11)14;/h2-3,5-6,15H,4,7-10H2,1H3,(H,16,17);1H. The molecule has 102 valence electrons. The van der Waals surface area contributed by atoms with Gasteiger partial charge in [0.2, 0.25) is 5.91 Å². The van der Waals surface area contributed by atoms with Gasteiger partial charge >= 0.3 is 0 Å². The Hall–Kier alpha value is -0.580. The molecule has 1 aromatic rings. The van der Waals surface area contributed by atoms with Gasteiger partial charge in [0.25, 0.3) is 0 Å². The molecule has 1 aromatic carbocycles. The number of aryl methyl sites for hydroxylation is 1. The summed E-state index contributed by atoms with van der Waals surface area (Å²) in [5.74, 6) is 0.122. The fourth-order valence-electron chi connectivity index (χ4n) is 1.53. The van der Waals surface area contributed by atoms with E-state index >= 15 is 0 Å². The van der Waals surface area contributed by atoms with Gasteiger partial charge in [-0.3, -0.25) is 4.79 Å². The number of carbonyl (C=O) groups excluding carboxylic acids is 1. The van der Waals surface area contributed by atoms with E-state index in [0.717, 1.165) is 30.4 Å². The summed E-state index contributed by atoms with van der Waals surface area (Å²) in [5, 5.41) is 5.96. The van der Waals surface area contributed by atoms with Gasteiger partial charge in [0.1, 0.15) is 0 Å². The number of hydrogen-bond donors (Lipinski definition) is 2. The van der Waals surface area contributed by atoms with E-state index in [1.54, 1.807) is 0 Å². The second-order valence-electron chi connectivity index (χ2n) is 3.90. The van der Waals surface area contributed by atoms with Crippen molar-refractivity contribution in [1.82, 2.24) is 10.6 Å². The van der Waals surface area contributed by atoms with Crippen molar-refractivity contribution in [2.24, 2.45) is 0 Å². The molecule has 0 fully saturated rings. The number of hydrogen-bond acceptors (Lipinski definition) is 2. The molecule has 0 saturated carbocycles. The van der Waals surface area contributed by atoms with Gasteiger partial charge in [0.15, 0.2) is 0 Å². The predicted octanol–water partition coefficient (Wildman–Crippen LogP) is 2.53. The highest BCUT2D eigenvalue weighted by molar-refractivity contribution is 9.10. The number of rotatable bonds is 7. The van der Waals surface area contributed by atoms with E-state index in [0.29, 0.717) is 6.42 Å². The lowest BCUT2D eigenvalue weighted by molar-refractivity contribution is -0.121. The van der Waals surface area contributed by atoms with Crippen molar-refractivity contribution < 1.29 is 4.79 Å². The van der Waals surface area contributed by atoms with Gasteiger partial charge in [-0.15, -0.1) is 12.4 Å². The van der Waals surface area contributed by atoms with E-state index in [1.807, 2.05) is 31.3 Å². The summed E-state index contributed by atoms with van der Waals surface area (Å²) in [4.78, 5) is 11.5. The van der Waals surface area contributed by atoms with Crippen LogP contribution in [-0.2, 0) is 11.2 Å². The molecule has 0 atom stereocenters. The molecule has 0 aliphatic rings. The van der Waals surface area contributed by atoms with Crippen molar-refractivity contribution in [3.05, 3.63) is 34.3 Å². The molecule has 0 heterocycles. The average molecular weight is 336 g/mol. The molecule has 0 aliphatic heterocycles. The number of carbonyl (C=O) groups is 1. The Balaban J connectivity index is 0.00000289. The summed E-state index contributed by atoms with van der Waals surface area (Å²) in [6.07, 6.45) is 2.29. The molecule has 18 heavy (non-hydrogen) atoms. The predicted molar refractivity (Wildman–Crippen MR) is 81.3 cm³/mol. The summed E-state index contributed by atoms with van der Waals surface area (Å²) < 4.78 is 1.07. The van der Waals surface area contributed by atoms with Gasteiger partial charge in [0.05, 0.1) is 0 Å². The Bertz CT molecular complexity index is 361. The molecule has 0 unspecified atom stereocenters. The average Bonchev–Trinajstić information content (AvgIpc) is 2.34. The molecular formula is C13H20BrClN2O. The van der Waals surface area contributed by atoms with Crippen molar-refractivity contribution in [3.63, 3.8) is 0 Å². The van der Waals surface area contributed by atoms with E-state index in [-0.39, 0.29) is 18.3 Å². The highest BCUT2D eigenvalue weighted by atomic mass is 79.9. The van der Waals surface area contributed by atoms with Crippen LogP contribution in [0.2, 0.25) is 0 Å². The normalized spacial score (nSPS) is 9.67. The fourth-order valence-corrected chi connectivity index (χ4v) is 2.01. The van der Waals surface area contributed by atoms with Gasteiger partial charge in [-0.25, -0.2) is 0 Å². The first-order valence-corrected chi connectivity index (χ1v) is 6.68. The zero-order valence-electron chi connectivity index (χ0n) is 10.5. The van der Waals surface area contributed by atoms with Crippen molar-refractivity contribution in [1.29, 1.82) is 0 Å². The quantitative estimate of drug-likeness (QED) is 0.752. The van der Waals surface area contributed by atoms with Crippen LogP contribution in [0.3, 0.4) is 0 Å². The first-order valence-electron chi connectivity index (χ1n) is 5.88. The topological polar surface area (TPSA) is 41.1 Å². The van der Waals surface area contributed by atoms with Gasteiger partial charge in [0, 0.05) is 17.4 Å². The Morgan fingerprint density at radius 2 is 2.00 bits per heavy atom. The zero-order valence-corrected chi connectivity index (χ0v) is 12.9. The summed E-state index contributed by atoms with van der Waals surface area (Å²) in [7, 11) is 1.91. The molecule has 0 aromatic heterocycles. The molecule has 0 spiro atoms. The fraction of sp³-hybridized carbons (Fsp3) is 0.462. The number of benzene rings is 1. The molecule has 0 bridgehead atoms. The smallest absolute Gasteiger partial charge is 0.220 e. The monoisotopic (exact) mass is 334 g/mol. The lowest BCUT2D eigenvalue weighted by atomic mass is 10.1. The molecule has 2 N–H and O–H groups in total. The molecule has 3 nitrogen and oxygen atoms in total. The van der Waals surface area contributed by atoms with Gasteiger partial charge in [-0.05, 0) is 38.1 Å². The van der Waals surface area contributed by atoms with Crippen LogP contribution in [0.5, 0.6) is 0 Å². The van der Waals surface area contributed by atoms with Crippen LogP contribution in [0.25, 0.3) is 0 Å². The van der Waals surface area contributed by atoms with E-state index in [9.17, 15) is 4.79 Å². The molecule has 0 saturated heterocycles. The highest BCUT2D eigenvalue weighted by Gasteiger charge is 2.03. The third kappa shape index (κ3) is 6.99. The number of halogens is 2. The van der Waals surface area contributed by atoms with Crippen LogP contribution < -0.4 is 10.6 Å². The van der Waals surface area contributed by atoms with Crippen molar-refractivity contribution in [2.45, 2.75) is 19.3 Å². The molecule has 5 heteroatoms. The minimum absolute atomic E-state index is 0. The van der Waals surface area contributed by atoms with E-state index in [2.05, 4.69) is 26.6 Å². The van der Waals surface area contributed by atoms with E-state index in [1.165, 1.54) is 5.56 Å². The Labute approximate surface area is 123 Å². The summed E-state index contributed by atoms with van der Waals surface area (Å²) in [6, 6.07) is 8.01. The van der Waals surface area contributed by atoms with Crippen LogP contribution in [0.15, 0.2) is 28.7 Å². The van der Waals surface area contributed by atoms with E-state index in [4.69, 9.17) is 0 Å². The second-order valence-corrected chi connectivity index (χ2v) is 4.75. The maximum Gasteiger partial charge on any atom is 0.220 e. The Morgan fingerprint density at radius 1 is 1.28 bits per heavy atom. The summed E-state index contributed by atoms with van der Waals surface area (Å²) >= 11 is 3.48. The molecule has 0 aliphatic carbocycles. The zero-order chi connectivity index (χ0) is 12.5. The summed E-state index contributed by atoms with van der Waals surface area (Å²) in [6.45, 7) is 1.68. The maximum atomic E-state index is 11.5. The van der Waals surface area contributed by atoms with Crippen LogP contribution in [0.4, 0.5) is 0 Å². The van der Waals surface area contributed by atoms with Crippen molar-refractivity contribution >= 4 is 34.2 Å². The van der Waals surface area contributed by atoms with Crippen LogP contribution in [-0.4, -0.2) is 26.0 Å². The Kier molecular flexibility index (Phi) is 10.0. The summed E-state index contributed by atoms with van der Waals surface area (Å²) in [5.41, 5.74) is 1.18. The third-order valence-electron chi connectivity index (χ3n) is 2.50. The SMILES string of the molecule is CNCCCNC(=O)CCc1ccccc1Br.Cl. The third-order valence-corrected chi connectivity index (χ3v) is 3.28. The maximum absolute atomic E-state index is 11.5. The minimum atomic E-state index is 0. The minimum Gasteiger partial charge on any atom is -0.356 e. The van der Waals surface area contributed by atoms with Gasteiger partial charge in [-0.2, -0.15) is 0 Å². The van der Waals surface area contributed by atoms with Crippen molar-refractivity contribution in [3.8, 4) is 0 Å². The second kappa shape index (κ2) is 10.4. The van der Waals surface area contributed by atoms with Crippen LogP contribution in [0.1, 0.15) is 18.4 Å². The molecular weight excluding hydrogens is 316 g/mol. The highest BCUT2D eigenvalue weighted by Crippen LogP contribution is 2.17. The molecule has 1 amide bonds. The molecule has 0 radical (unpaired) electrons. The lowest BCUT2D eigenvalue weighted by Gasteiger charge is -2.06.